The van der Waals surface area contributed by atoms with E-state index in [1.165, 1.54) is 161 Å². The molecule has 0 saturated carbocycles. The summed E-state index contributed by atoms with van der Waals surface area (Å²) >= 11 is 0. The topological polar surface area (TPSA) is 102 Å². The van der Waals surface area contributed by atoms with Crippen molar-refractivity contribution in [1.82, 2.24) is 0 Å². The molecule has 65 heavy (non-hydrogen) atoms. The zero-order valence-corrected chi connectivity index (χ0v) is 43.2. The van der Waals surface area contributed by atoms with Crippen molar-refractivity contribution in [1.29, 1.82) is 0 Å². The molecule has 2 atom stereocenters. The van der Waals surface area contributed by atoms with Gasteiger partial charge in [-0.1, -0.05) is 204 Å². The lowest BCUT2D eigenvalue weighted by molar-refractivity contribution is -0.889. The molecule has 0 N–H and O–H groups in total. The number of ether oxygens (including phenoxy) is 3. The molecule has 0 aromatic rings. The lowest BCUT2D eigenvalue weighted by atomic mass is 10.1. The van der Waals surface area contributed by atoms with Gasteiger partial charge in [-0.05, 0) is 70.6 Å². The van der Waals surface area contributed by atoms with E-state index in [9.17, 15) is 19.5 Å². The van der Waals surface area contributed by atoms with Crippen molar-refractivity contribution >= 4 is 17.9 Å². The zero-order valence-electron chi connectivity index (χ0n) is 43.2. The maximum Gasteiger partial charge on any atom is 0.306 e. The summed E-state index contributed by atoms with van der Waals surface area (Å²) in [5.74, 6) is -1.74. The first-order valence-electron chi connectivity index (χ1n) is 27.2. The minimum atomic E-state index is -1.13. The van der Waals surface area contributed by atoms with Gasteiger partial charge < -0.3 is 28.6 Å². The van der Waals surface area contributed by atoms with E-state index >= 15 is 0 Å². The first-order chi connectivity index (χ1) is 31.6. The fourth-order valence-electron chi connectivity index (χ4n) is 7.98. The number of allylic oxidation sites excluding steroid dienone is 8. The molecule has 0 aliphatic rings. The average Bonchev–Trinajstić information content (AvgIpc) is 3.27. The number of carboxylic acids is 1. The number of hydrogen-bond acceptors (Lipinski definition) is 7. The highest BCUT2D eigenvalue weighted by molar-refractivity contribution is 5.70. The maximum atomic E-state index is 12.8. The van der Waals surface area contributed by atoms with Crippen LogP contribution in [0.1, 0.15) is 245 Å². The third kappa shape index (κ3) is 46.2. The van der Waals surface area contributed by atoms with Gasteiger partial charge in [-0.15, -0.1) is 0 Å². The van der Waals surface area contributed by atoms with Crippen LogP contribution in [-0.2, 0) is 28.6 Å². The predicted molar refractivity (Wildman–Crippen MR) is 273 cm³/mol. The summed E-state index contributed by atoms with van der Waals surface area (Å²) in [6.45, 7) is 4.65. The van der Waals surface area contributed by atoms with E-state index in [1.54, 1.807) is 21.1 Å². The first-order valence-corrected chi connectivity index (χ1v) is 27.2. The fourth-order valence-corrected chi connectivity index (χ4v) is 7.98. The van der Waals surface area contributed by atoms with Crippen LogP contribution in [0.4, 0.5) is 0 Å². The second-order valence-corrected chi connectivity index (χ2v) is 19.5. The minimum absolute atomic E-state index is 0.0371. The van der Waals surface area contributed by atoms with E-state index in [2.05, 4.69) is 62.5 Å². The van der Waals surface area contributed by atoms with Crippen LogP contribution in [0.15, 0.2) is 48.6 Å². The molecule has 378 valence electrons. The molecule has 0 bridgehead atoms. The number of unbranched alkanes of at least 4 members (excludes halogenated alkanes) is 28. The summed E-state index contributed by atoms with van der Waals surface area (Å²) < 4.78 is 17.3. The van der Waals surface area contributed by atoms with Crippen molar-refractivity contribution in [3.05, 3.63) is 48.6 Å². The summed E-state index contributed by atoms with van der Waals surface area (Å²) in [5, 5.41) is 11.7. The van der Waals surface area contributed by atoms with Crippen LogP contribution in [0.25, 0.3) is 0 Å². The molecule has 8 nitrogen and oxygen atoms in total. The van der Waals surface area contributed by atoms with E-state index < -0.39 is 18.1 Å². The minimum Gasteiger partial charge on any atom is -0.544 e. The molecule has 0 saturated heterocycles. The van der Waals surface area contributed by atoms with E-state index in [0.717, 1.165) is 51.4 Å². The lowest BCUT2D eigenvalue weighted by Crippen LogP contribution is -2.55. The number of carboxylic acid groups (broad SMARTS) is 1. The second-order valence-electron chi connectivity index (χ2n) is 19.5. The molecular formula is C57H103NO7. The normalized spacial score (nSPS) is 13.2. The number of hydrogen-bond donors (Lipinski definition) is 0. The Balaban J connectivity index is 4.22. The number of rotatable bonds is 49. The molecule has 2 unspecified atom stereocenters. The molecule has 0 fully saturated rings. The summed E-state index contributed by atoms with van der Waals surface area (Å²) in [6, 6.07) is -0.729. The summed E-state index contributed by atoms with van der Waals surface area (Å²) in [6.07, 6.45) is 58.5. The Morgan fingerprint density at radius 2 is 0.862 bits per heavy atom. The van der Waals surface area contributed by atoms with Gasteiger partial charge in [-0.25, -0.2) is 0 Å². The Morgan fingerprint density at radius 1 is 0.477 bits per heavy atom. The smallest absolute Gasteiger partial charge is 0.306 e. The van der Waals surface area contributed by atoms with Crippen molar-refractivity contribution < 1.29 is 38.2 Å². The Morgan fingerprint density at radius 3 is 1.31 bits per heavy atom. The molecule has 0 aromatic heterocycles. The molecule has 0 spiro atoms. The standard InChI is InChI=1S/C57H103NO7/c1-6-8-10-12-14-16-18-20-22-24-26-27-28-30-31-33-35-37-39-41-43-45-47-55(59)64-52-53(51-63-50-49-54(57(61)62)58(3,4)5)65-56(60)48-46-44-42-40-38-36-34-32-29-25-23-21-19-17-15-13-11-9-7-2/h15,17,19,21,24,26,28,30,53-54H,6-14,16,18,20,22-23,25,27,29,31-52H2,1-5H3/b17-15+,21-19+,26-24+,30-28+. The molecule has 0 rings (SSSR count). The van der Waals surface area contributed by atoms with Crippen LogP contribution in [0.3, 0.4) is 0 Å². The Bertz CT molecular complexity index is 1200. The maximum absolute atomic E-state index is 12.8. The number of nitrogens with zero attached hydrogens (tertiary/aromatic N) is 1. The van der Waals surface area contributed by atoms with Gasteiger partial charge in [-0.3, -0.25) is 9.59 Å². The van der Waals surface area contributed by atoms with Gasteiger partial charge >= 0.3 is 11.9 Å². The Labute approximate surface area is 401 Å². The zero-order chi connectivity index (χ0) is 47.7. The average molecular weight is 914 g/mol. The Hall–Kier alpha value is -2.71. The molecule has 0 aliphatic heterocycles. The predicted octanol–water partition coefficient (Wildman–Crippen LogP) is 14.6. The van der Waals surface area contributed by atoms with Crippen molar-refractivity contribution in [3.63, 3.8) is 0 Å². The third-order valence-electron chi connectivity index (χ3n) is 12.2. The lowest BCUT2D eigenvalue weighted by Gasteiger charge is -2.34. The number of quaternary nitrogens is 1. The summed E-state index contributed by atoms with van der Waals surface area (Å²) in [7, 11) is 5.42. The van der Waals surface area contributed by atoms with Gasteiger partial charge in [0.05, 0.1) is 40.3 Å². The van der Waals surface area contributed by atoms with Crippen molar-refractivity contribution in [2.75, 3.05) is 41.0 Å². The van der Waals surface area contributed by atoms with Gasteiger partial charge in [0.1, 0.15) is 12.6 Å². The second kappa shape index (κ2) is 47.8. The van der Waals surface area contributed by atoms with Crippen LogP contribution in [0.2, 0.25) is 0 Å². The van der Waals surface area contributed by atoms with E-state index in [1.807, 2.05) is 0 Å². The van der Waals surface area contributed by atoms with Crippen molar-refractivity contribution in [2.45, 2.75) is 257 Å². The van der Waals surface area contributed by atoms with Crippen molar-refractivity contribution in [2.24, 2.45) is 0 Å². The Kier molecular flexibility index (Phi) is 45.8. The van der Waals surface area contributed by atoms with Gasteiger partial charge in [0.2, 0.25) is 0 Å². The number of likely N-dealkylation sites (N-methyl/N-ethyl adjacent to an activating group) is 1. The van der Waals surface area contributed by atoms with Crippen LogP contribution >= 0.6 is 0 Å². The summed E-state index contributed by atoms with van der Waals surface area (Å²) in [4.78, 5) is 37.1. The molecule has 0 heterocycles. The van der Waals surface area contributed by atoms with E-state index in [0.29, 0.717) is 12.8 Å². The number of aliphatic carboxylic acids is 1. The fraction of sp³-hybridized carbons (Fsp3) is 0.807. The first kappa shape index (κ1) is 62.3. The van der Waals surface area contributed by atoms with E-state index in [-0.39, 0.29) is 42.7 Å². The molecule has 8 heteroatoms. The van der Waals surface area contributed by atoms with E-state index in [4.69, 9.17) is 14.2 Å². The number of carbonyl (C=O) groups is 3. The van der Waals surface area contributed by atoms with Gasteiger partial charge in [0, 0.05) is 19.3 Å². The molecule has 0 amide bonds. The van der Waals surface area contributed by atoms with Crippen LogP contribution < -0.4 is 5.11 Å². The van der Waals surface area contributed by atoms with Crippen LogP contribution in [0.5, 0.6) is 0 Å². The van der Waals surface area contributed by atoms with Gasteiger partial charge in [0.15, 0.2) is 6.10 Å². The molecule has 0 radical (unpaired) electrons. The number of esters is 2. The third-order valence-corrected chi connectivity index (χ3v) is 12.2. The highest BCUT2D eigenvalue weighted by Crippen LogP contribution is 2.15. The summed E-state index contributed by atoms with van der Waals surface area (Å²) in [5.41, 5.74) is 0. The number of carbonyl (C=O) groups excluding carboxylic acids is 3. The van der Waals surface area contributed by atoms with Crippen LogP contribution in [0, 0.1) is 0 Å². The largest absolute Gasteiger partial charge is 0.544 e. The van der Waals surface area contributed by atoms with Gasteiger partial charge in [0.25, 0.3) is 0 Å². The highest BCUT2D eigenvalue weighted by atomic mass is 16.6. The molecule has 0 aliphatic carbocycles. The molecular weight excluding hydrogens is 811 g/mol. The quantitative estimate of drug-likeness (QED) is 0.0197. The highest BCUT2D eigenvalue weighted by Gasteiger charge is 2.25. The SMILES string of the molecule is CCCCC/C=C/C=C/CCCCCCCCCCCCC(=O)OC(COCCC(C(=O)[O-])[N+](C)(C)C)COC(=O)CCCCCCCCC/C=C/C/C=C/CCCCCCCCCC. The molecule has 0 aromatic carbocycles. The van der Waals surface area contributed by atoms with Crippen LogP contribution in [-0.4, -0.2) is 75.5 Å². The van der Waals surface area contributed by atoms with Gasteiger partial charge in [-0.2, -0.15) is 0 Å². The monoisotopic (exact) mass is 914 g/mol. The van der Waals surface area contributed by atoms with Crippen molar-refractivity contribution in [3.8, 4) is 0 Å².